The summed E-state index contributed by atoms with van der Waals surface area (Å²) in [4.78, 5) is 42.8. The number of rotatable bonds is 5. The van der Waals surface area contributed by atoms with Crippen molar-refractivity contribution in [1.82, 2.24) is 14.7 Å². The highest BCUT2D eigenvalue weighted by atomic mass is 32.1. The van der Waals surface area contributed by atoms with Gasteiger partial charge in [-0.3, -0.25) is 19.4 Å². The van der Waals surface area contributed by atoms with E-state index in [1.54, 1.807) is 11.3 Å². The van der Waals surface area contributed by atoms with Crippen LogP contribution in [-0.2, 0) is 16.0 Å². The summed E-state index contributed by atoms with van der Waals surface area (Å²) in [7, 11) is 0. The smallest absolute Gasteiger partial charge is 0.274 e. The van der Waals surface area contributed by atoms with Crippen molar-refractivity contribution in [3.63, 3.8) is 0 Å². The van der Waals surface area contributed by atoms with Crippen LogP contribution in [0.15, 0.2) is 41.8 Å². The number of nitrogens with zero attached hydrogens (tertiary/aromatic N) is 3. The topological polar surface area (TPSA) is 60.9 Å². The van der Waals surface area contributed by atoms with Crippen LogP contribution in [-0.4, -0.2) is 52.3 Å². The second-order valence-electron chi connectivity index (χ2n) is 6.79. The van der Waals surface area contributed by atoms with Gasteiger partial charge in [0.05, 0.1) is 12.7 Å². The first-order chi connectivity index (χ1) is 13.1. The lowest BCUT2D eigenvalue weighted by Crippen LogP contribution is -2.46. The van der Waals surface area contributed by atoms with Crippen LogP contribution in [0.3, 0.4) is 0 Å². The Labute approximate surface area is 162 Å². The zero-order valence-corrected chi connectivity index (χ0v) is 15.9. The Kier molecular flexibility index (Phi) is 4.80. The molecule has 27 heavy (non-hydrogen) atoms. The van der Waals surface area contributed by atoms with Gasteiger partial charge in [-0.25, -0.2) is 9.69 Å². The van der Waals surface area contributed by atoms with Gasteiger partial charge in [-0.15, -0.1) is 11.3 Å². The summed E-state index contributed by atoms with van der Waals surface area (Å²) >= 11 is 1.74. The van der Waals surface area contributed by atoms with Crippen LogP contribution in [0, 0.1) is 0 Å². The normalized spacial score (nSPS) is 20.5. The van der Waals surface area contributed by atoms with E-state index < -0.39 is 17.8 Å². The van der Waals surface area contributed by atoms with Crippen LogP contribution in [0.1, 0.15) is 35.4 Å². The maximum absolute atomic E-state index is 12.6. The highest BCUT2D eigenvalue weighted by molar-refractivity contribution is 7.10. The Bertz CT molecular complexity index is 880. The van der Waals surface area contributed by atoms with Gasteiger partial charge in [0.15, 0.2) is 0 Å². The maximum Gasteiger partial charge on any atom is 0.335 e. The number of urea groups is 1. The second-order valence-corrected chi connectivity index (χ2v) is 7.79. The SMILES string of the molecule is CCCN1C(=O)C(=O)N(CN2CCc3sccc3[C@H]2c2ccccc2)C1=O. The molecule has 2 aromatic rings. The van der Waals surface area contributed by atoms with Crippen molar-refractivity contribution >= 4 is 29.2 Å². The van der Waals surface area contributed by atoms with Gasteiger partial charge in [0.1, 0.15) is 0 Å². The molecular formula is C20H21N3O3S. The maximum atomic E-state index is 12.6. The molecule has 3 heterocycles. The molecule has 140 valence electrons. The number of carbonyl (C=O) groups is 3. The van der Waals surface area contributed by atoms with Crippen molar-refractivity contribution in [2.75, 3.05) is 19.8 Å². The molecule has 0 aliphatic carbocycles. The van der Waals surface area contributed by atoms with Crippen molar-refractivity contribution in [1.29, 1.82) is 0 Å². The number of hydrogen-bond donors (Lipinski definition) is 0. The van der Waals surface area contributed by atoms with Crippen molar-refractivity contribution in [2.45, 2.75) is 25.8 Å². The standard InChI is InChI=1S/C20H21N3O3S/c1-2-10-22-18(24)19(25)23(20(22)26)13-21-11-8-16-15(9-12-27-16)17(21)14-6-4-3-5-7-14/h3-7,9,12,17H,2,8,10-11,13H2,1H3/t17-/m1/s1. The fourth-order valence-electron chi connectivity index (χ4n) is 3.82. The molecule has 1 saturated heterocycles. The number of imide groups is 2. The lowest BCUT2D eigenvalue weighted by Gasteiger charge is -2.37. The van der Waals surface area contributed by atoms with Gasteiger partial charge in [0, 0.05) is 18.0 Å². The van der Waals surface area contributed by atoms with Gasteiger partial charge in [-0.05, 0) is 35.4 Å². The molecule has 6 nitrogen and oxygen atoms in total. The molecule has 1 fully saturated rings. The number of fused-ring (bicyclic) bond motifs is 1. The molecule has 1 aromatic carbocycles. The summed E-state index contributed by atoms with van der Waals surface area (Å²) in [5, 5.41) is 2.09. The van der Waals surface area contributed by atoms with Crippen LogP contribution < -0.4 is 0 Å². The third kappa shape index (κ3) is 3.07. The predicted octanol–water partition coefficient (Wildman–Crippen LogP) is 2.85. The van der Waals surface area contributed by atoms with E-state index in [4.69, 9.17) is 0 Å². The van der Waals surface area contributed by atoms with Crippen LogP contribution in [0.25, 0.3) is 0 Å². The monoisotopic (exact) mass is 383 g/mol. The van der Waals surface area contributed by atoms with Crippen molar-refractivity contribution in [3.8, 4) is 0 Å². The minimum Gasteiger partial charge on any atom is -0.274 e. The largest absolute Gasteiger partial charge is 0.335 e. The van der Waals surface area contributed by atoms with Gasteiger partial charge in [-0.1, -0.05) is 37.3 Å². The average Bonchev–Trinajstić information content (AvgIpc) is 3.24. The van der Waals surface area contributed by atoms with E-state index in [-0.39, 0.29) is 19.3 Å². The first kappa shape index (κ1) is 17.9. The molecule has 1 atom stereocenters. The molecule has 0 radical (unpaired) electrons. The summed E-state index contributed by atoms with van der Waals surface area (Å²) in [6.07, 6.45) is 1.51. The molecule has 0 unspecified atom stereocenters. The highest BCUT2D eigenvalue weighted by Crippen LogP contribution is 2.38. The summed E-state index contributed by atoms with van der Waals surface area (Å²) in [6, 6.07) is 11.7. The highest BCUT2D eigenvalue weighted by Gasteiger charge is 2.45. The molecule has 0 bridgehead atoms. The van der Waals surface area contributed by atoms with E-state index in [1.807, 2.05) is 25.1 Å². The first-order valence-electron chi connectivity index (χ1n) is 9.14. The molecule has 1 aromatic heterocycles. The third-order valence-electron chi connectivity index (χ3n) is 5.09. The summed E-state index contributed by atoms with van der Waals surface area (Å²) in [6.45, 7) is 3.00. The van der Waals surface area contributed by atoms with Gasteiger partial charge in [0.2, 0.25) is 0 Å². The predicted molar refractivity (Wildman–Crippen MR) is 102 cm³/mol. The first-order valence-corrected chi connectivity index (χ1v) is 10.0. The molecule has 4 rings (SSSR count). The van der Waals surface area contributed by atoms with E-state index in [0.717, 1.165) is 28.3 Å². The van der Waals surface area contributed by atoms with Crippen LogP contribution in [0.5, 0.6) is 0 Å². The van der Waals surface area contributed by atoms with Crippen LogP contribution in [0.2, 0.25) is 0 Å². The molecule has 7 heteroatoms. The van der Waals surface area contributed by atoms with Crippen molar-refractivity contribution in [3.05, 3.63) is 57.8 Å². The van der Waals surface area contributed by atoms with E-state index in [9.17, 15) is 14.4 Å². The summed E-state index contributed by atoms with van der Waals surface area (Å²) in [5.74, 6) is -1.44. The number of benzene rings is 1. The van der Waals surface area contributed by atoms with Crippen molar-refractivity contribution < 1.29 is 14.4 Å². The Morgan fingerprint density at radius 1 is 1.04 bits per heavy atom. The average molecular weight is 383 g/mol. The Hall–Kier alpha value is -2.51. The quantitative estimate of drug-likeness (QED) is 0.588. The number of thiophene rings is 1. The number of hydrogen-bond acceptors (Lipinski definition) is 5. The Morgan fingerprint density at radius 3 is 2.52 bits per heavy atom. The number of carbonyl (C=O) groups excluding carboxylic acids is 3. The zero-order chi connectivity index (χ0) is 19.0. The zero-order valence-electron chi connectivity index (χ0n) is 15.1. The fraction of sp³-hybridized carbons (Fsp3) is 0.350. The van der Waals surface area contributed by atoms with Gasteiger partial charge in [0.25, 0.3) is 0 Å². The van der Waals surface area contributed by atoms with Crippen LogP contribution >= 0.6 is 11.3 Å². The Morgan fingerprint density at radius 2 is 1.78 bits per heavy atom. The third-order valence-corrected chi connectivity index (χ3v) is 6.08. The minimum absolute atomic E-state index is 0.0304. The molecule has 0 saturated carbocycles. The van der Waals surface area contributed by atoms with E-state index in [2.05, 4.69) is 28.5 Å². The number of amides is 4. The van der Waals surface area contributed by atoms with E-state index in [1.165, 1.54) is 10.4 Å². The van der Waals surface area contributed by atoms with Crippen molar-refractivity contribution in [2.24, 2.45) is 0 Å². The fourth-order valence-corrected chi connectivity index (χ4v) is 4.73. The van der Waals surface area contributed by atoms with E-state index >= 15 is 0 Å². The lowest BCUT2D eigenvalue weighted by atomic mass is 9.94. The summed E-state index contributed by atoms with van der Waals surface area (Å²) in [5.41, 5.74) is 2.33. The lowest BCUT2D eigenvalue weighted by molar-refractivity contribution is -0.144. The van der Waals surface area contributed by atoms with E-state index in [0.29, 0.717) is 6.42 Å². The molecule has 2 aliphatic rings. The van der Waals surface area contributed by atoms with Gasteiger partial charge < -0.3 is 0 Å². The molecule has 2 aliphatic heterocycles. The molecule has 0 spiro atoms. The molecule has 0 N–H and O–H groups in total. The van der Waals surface area contributed by atoms with Gasteiger partial charge in [-0.2, -0.15) is 0 Å². The summed E-state index contributed by atoms with van der Waals surface area (Å²) < 4.78 is 0. The molecular weight excluding hydrogens is 362 g/mol. The second kappa shape index (κ2) is 7.25. The minimum atomic E-state index is -0.726. The molecule has 4 amide bonds. The Balaban J connectivity index is 1.64. The van der Waals surface area contributed by atoms with Crippen LogP contribution in [0.4, 0.5) is 4.79 Å². The van der Waals surface area contributed by atoms with Gasteiger partial charge >= 0.3 is 17.8 Å².